The van der Waals surface area contributed by atoms with Crippen molar-refractivity contribution in [2.75, 3.05) is 0 Å². The Labute approximate surface area is 79.8 Å². The monoisotopic (exact) mass is 203 g/mol. The van der Waals surface area contributed by atoms with Crippen LogP contribution in [0.4, 0.5) is 0 Å². The Morgan fingerprint density at radius 3 is 2.20 bits per heavy atom. The van der Waals surface area contributed by atoms with Crippen LogP contribution in [-0.2, 0) is 17.1 Å². The Bertz CT molecular complexity index is 83.7. The average molecular weight is 204 g/mol. The fraction of sp³-hybridized carbons (Fsp3) is 0.714. The number of allylic oxidation sites excluding steroid dienone is 2. The molecule has 0 aliphatic carbocycles. The van der Waals surface area contributed by atoms with E-state index in [0.29, 0.717) is 6.42 Å². The number of rotatable bonds is 3. The summed E-state index contributed by atoms with van der Waals surface area (Å²) in [6.45, 7) is 4.00. The van der Waals surface area contributed by atoms with Gasteiger partial charge in [0, 0.05) is 0 Å². The summed E-state index contributed by atoms with van der Waals surface area (Å²) in [7, 11) is 0. The van der Waals surface area contributed by atoms with Gasteiger partial charge in [-0.25, -0.2) is 0 Å². The van der Waals surface area contributed by atoms with Crippen molar-refractivity contribution in [1.29, 1.82) is 0 Å². The van der Waals surface area contributed by atoms with E-state index in [1.807, 2.05) is 13.8 Å². The van der Waals surface area contributed by atoms with Gasteiger partial charge in [-0.05, 0) is 12.8 Å². The van der Waals surface area contributed by atoms with E-state index in [4.69, 9.17) is 0 Å². The van der Waals surface area contributed by atoms with Crippen LogP contribution in [0, 0.1) is 0 Å². The molecule has 3 heteroatoms. The first-order chi connectivity index (χ1) is 3.81. The van der Waals surface area contributed by atoms with Crippen LogP contribution in [0.3, 0.4) is 0 Å². The molecule has 0 atom stereocenters. The normalized spacial score (nSPS) is 9.60. The first-order valence-corrected chi connectivity index (χ1v) is 3.17. The molecule has 0 unspecified atom stereocenters. The molecule has 0 aromatic rings. The summed E-state index contributed by atoms with van der Waals surface area (Å²) in [5, 5.41) is 10.6. The molecular weight excluding hydrogens is 190 g/mol. The fourth-order valence-corrected chi connectivity index (χ4v) is 0.576. The van der Waals surface area contributed by atoms with Crippen molar-refractivity contribution in [3.8, 4) is 0 Å². The van der Waals surface area contributed by atoms with Gasteiger partial charge >= 0.3 is 17.1 Å². The number of hydrogen-bond donors (Lipinski definition) is 0. The molecule has 0 heterocycles. The summed E-state index contributed by atoms with van der Waals surface area (Å²) in [6.07, 6.45) is 4.30. The third-order valence-electron chi connectivity index (χ3n) is 0.928. The summed E-state index contributed by atoms with van der Waals surface area (Å²) in [6, 6.07) is 0. The van der Waals surface area contributed by atoms with Gasteiger partial charge in [0.25, 0.3) is 0 Å². The van der Waals surface area contributed by atoms with Crippen LogP contribution in [0.2, 0.25) is 0 Å². The van der Waals surface area contributed by atoms with Crippen LogP contribution in [0.5, 0.6) is 0 Å². The smallest absolute Gasteiger partial charge is 1.00 e. The zero-order valence-electron chi connectivity index (χ0n) is 6.36. The maximum atomic E-state index is 10.6. The van der Waals surface area contributed by atoms with Crippen LogP contribution < -0.4 is 17.5 Å². The second kappa shape index (κ2) is 12.1. The Hall–Kier alpha value is 0.349. The third-order valence-corrected chi connectivity index (χ3v) is 0.928. The van der Waals surface area contributed by atoms with Crippen LogP contribution in [-0.4, -0.2) is 0 Å². The molecule has 0 rings (SSSR count). The topological polar surface area (TPSA) is 23.1 Å². The van der Waals surface area contributed by atoms with Gasteiger partial charge in [-0.3, -0.25) is 0 Å². The SMILES string of the molecule is CC/C=C(\[O-])CCC.[Cl-].[Mn+2]. The molecule has 0 fully saturated rings. The van der Waals surface area contributed by atoms with E-state index in [-0.39, 0.29) is 35.2 Å². The molecule has 0 aliphatic rings. The Morgan fingerprint density at radius 1 is 1.40 bits per heavy atom. The second-order valence-corrected chi connectivity index (χ2v) is 1.83. The minimum absolute atomic E-state index is 0. The van der Waals surface area contributed by atoms with Gasteiger partial charge < -0.3 is 17.5 Å². The summed E-state index contributed by atoms with van der Waals surface area (Å²) >= 11 is 0. The van der Waals surface area contributed by atoms with E-state index in [0.717, 1.165) is 12.8 Å². The van der Waals surface area contributed by atoms with Crippen LogP contribution in [0.15, 0.2) is 11.8 Å². The maximum absolute atomic E-state index is 10.6. The Balaban J connectivity index is -0.000000245. The minimum atomic E-state index is 0. The second-order valence-electron chi connectivity index (χ2n) is 1.83. The van der Waals surface area contributed by atoms with Crippen LogP contribution >= 0.6 is 0 Å². The third kappa shape index (κ3) is 11.2. The van der Waals surface area contributed by atoms with E-state index < -0.39 is 0 Å². The van der Waals surface area contributed by atoms with Gasteiger partial charge in [-0.1, -0.05) is 26.3 Å². The van der Waals surface area contributed by atoms with E-state index >= 15 is 0 Å². The van der Waals surface area contributed by atoms with E-state index in [2.05, 4.69) is 0 Å². The zero-order valence-corrected chi connectivity index (χ0v) is 8.30. The van der Waals surface area contributed by atoms with Crippen molar-refractivity contribution in [3.05, 3.63) is 11.8 Å². The summed E-state index contributed by atoms with van der Waals surface area (Å²) in [5.41, 5.74) is 0. The van der Waals surface area contributed by atoms with Crippen molar-refractivity contribution < 1.29 is 34.6 Å². The van der Waals surface area contributed by atoms with Crippen molar-refractivity contribution in [2.24, 2.45) is 0 Å². The van der Waals surface area contributed by atoms with Gasteiger partial charge in [0.2, 0.25) is 0 Å². The fourth-order valence-electron chi connectivity index (χ4n) is 0.576. The van der Waals surface area contributed by atoms with Gasteiger partial charge in [-0.2, -0.15) is 0 Å². The zero-order chi connectivity index (χ0) is 6.41. The Morgan fingerprint density at radius 2 is 1.90 bits per heavy atom. The van der Waals surface area contributed by atoms with E-state index in [1.54, 1.807) is 6.08 Å². The number of hydrogen-bond acceptors (Lipinski definition) is 1. The molecule has 0 spiro atoms. The molecule has 0 saturated heterocycles. The Kier molecular flexibility index (Phi) is 20.2. The number of halogens is 1. The summed E-state index contributed by atoms with van der Waals surface area (Å²) < 4.78 is 0. The molecule has 1 nitrogen and oxygen atoms in total. The largest absolute Gasteiger partial charge is 2.00 e. The molecule has 0 aromatic carbocycles. The molecule has 0 N–H and O–H groups in total. The predicted molar refractivity (Wildman–Crippen MR) is 33.3 cm³/mol. The van der Waals surface area contributed by atoms with Crippen molar-refractivity contribution in [3.63, 3.8) is 0 Å². The minimum Gasteiger partial charge on any atom is -1.00 e. The molecule has 0 aliphatic heterocycles. The van der Waals surface area contributed by atoms with Crippen LogP contribution in [0.25, 0.3) is 0 Å². The molecule has 0 aromatic heterocycles. The quantitative estimate of drug-likeness (QED) is 0.402. The van der Waals surface area contributed by atoms with Crippen molar-refractivity contribution in [1.82, 2.24) is 0 Å². The molecule has 61 valence electrons. The average Bonchev–Trinajstić information content (AvgIpc) is 1.68. The molecule has 0 amide bonds. The molecule has 0 saturated carbocycles. The molecular formula is C7H13ClMnO. The van der Waals surface area contributed by atoms with E-state index in [1.165, 1.54) is 0 Å². The van der Waals surface area contributed by atoms with Crippen LogP contribution in [0.1, 0.15) is 33.1 Å². The first-order valence-electron chi connectivity index (χ1n) is 3.17. The van der Waals surface area contributed by atoms with Gasteiger partial charge in [0.15, 0.2) is 0 Å². The van der Waals surface area contributed by atoms with E-state index in [9.17, 15) is 5.11 Å². The van der Waals surface area contributed by atoms with Crippen molar-refractivity contribution in [2.45, 2.75) is 33.1 Å². The van der Waals surface area contributed by atoms with Gasteiger partial charge in [-0.15, -0.1) is 5.76 Å². The first kappa shape index (κ1) is 16.7. The molecule has 0 bridgehead atoms. The maximum Gasteiger partial charge on any atom is 2.00 e. The standard InChI is InChI=1S/C7H14O.ClH.Mn/c1-3-5-7(8)6-4-2;;/h5,8H,3-4,6H2,1-2H3;1H;/q;;+2/p-2/b7-5-;;. The van der Waals surface area contributed by atoms with Crippen molar-refractivity contribution >= 4 is 0 Å². The summed E-state index contributed by atoms with van der Waals surface area (Å²) in [4.78, 5) is 0. The van der Waals surface area contributed by atoms with Gasteiger partial charge in [0.1, 0.15) is 0 Å². The van der Waals surface area contributed by atoms with Gasteiger partial charge in [0.05, 0.1) is 0 Å². The summed E-state index contributed by atoms with van der Waals surface area (Å²) in [5.74, 6) is 0.287. The molecule has 1 radical (unpaired) electrons. The molecule has 10 heavy (non-hydrogen) atoms. The predicted octanol–water partition coefficient (Wildman–Crippen LogP) is -1.56.